The Balaban J connectivity index is 1.67. The number of thiazole rings is 1. The van der Waals surface area contributed by atoms with Gasteiger partial charge in [0.2, 0.25) is 0 Å². The molecule has 0 unspecified atom stereocenters. The van der Waals surface area contributed by atoms with Crippen LogP contribution in [0.2, 0.25) is 0 Å². The molecule has 0 saturated heterocycles. The molecule has 2 aromatic carbocycles. The molecule has 1 aromatic heterocycles. The molecule has 130 valence electrons. The standard InChI is InChI=1S/C22H25NOS/c1-15(2)11-12-24-19-8-5-18(6-9-19)7-10-22-23-20-13-16(3)17(4)14-21(20)25-22/h5-10,13-15H,11-12H2,1-4H3. The Kier molecular flexibility index (Phi) is 5.54. The van der Waals surface area contributed by atoms with Gasteiger partial charge >= 0.3 is 0 Å². The number of ether oxygens (including phenoxy) is 1. The summed E-state index contributed by atoms with van der Waals surface area (Å²) in [5.74, 6) is 1.60. The molecule has 2 nitrogen and oxygen atoms in total. The molecule has 0 spiro atoms. The summed E-state index contributed by atoms with van der Waals surface area (Å²) in [5.41, 5.74) is 4.85. The van der Waals surface area contributed by atoms with Crippen LogP contribution in [0.4, 0.5) is 0 Å². The molecule has 0 aliphatic rings. The quantitative estimate of drug-likeness (QED) is 0.505. The van der Waals surface area contributed by atoms with Gasteiger partial charge in [0.05, 0.1) is 16.8 Å². The van der Waals surface area contributed by atoms with Crippen molar-refractivity contribution in [2.45, 2.75) is 34.1 Å². The van der Waals surface area contributed by atoms with Crippen LogP contribution in [0.1, 0.15) is 42.0 Å². The molecule has 0 fully saturated rings. The number of nitrogens with zero attached hydrogens (tertiary/aromatic N) is 1. The number of rotatable bonds is 6. The highest BCUT2D eigenvalue weighted by Gasteiger charge is 2.04. The maximum Gasteiger partial charge on any atom is 0.119 e. The Morgan fingerprint density at radius 1 is 1.04 bits per heavy atom. The lowest BCUT2D eigenvalue weighted by molar-refractivity contribution is 0.289. The van der Waals surface area contributed by atoms with Crippen molar-refractivity contribution in [3.05, 3.63) is 58.1 Å². The average molecular weight is 352 g/mol. The zero-order valence-corrected chi connectivity index (χ0v) is 16.2. The Hall–Kier alpha value is -2.13. The maximum atomic E-state index is 5.76. The Bertz CT molecular complexity index is 836. The lowest BCUT2D eigenvalue weighted by Crippen LogP contribution is -2.01. The van der Waals surface area contributed by atoms with Gasteiger partial charge in [-0.15, -0.1) is 11.3 Å². The summed E-state index contributed by atoms with van der Waals surface area (Å²) in [4.78, 5) is 4.71. The van der Waals surface area contributed by atoms with Crippen LogP contribution in [-0.2, 0) is 0 Å². The van der Waals surface area contributed by atoms with Crippen molar-refractivity contribution in [1.82, 2.24) is 4.98 Å². The van der Waals surface area contributed by atoms with Crippen LogP contribution in [0.5, 0.6) is 5.75 Å². The number of hydrogen-bond acceptors (Lipinski definition) is 3. The van der Waals surface area contributed by atoms with Crippen molar-refractivity contribution >= 4 is 33.7 Å². The summed E-state index contributed by atoms with van der Waals surface area (Å²) < 4.78 is 7.01. The molecular weight excluding hydrogens is 326 g/mol. The van der Waals surface area contributed by atoms with E-state index in [0.29, 0.717) is 5.92 Å². The van der Waals surface area contributed by atoms with Gasteiger partial charge < -0.3 is 4.74 Å². The first-order valence-electron chi connectivity index (χ1n) is 8.80. The summed E-state index contributed by atoms with van der Waals surface area (Å²) in [7, 11) is 0. The lowest BCUT2D eigenvalue weighted by atomic mass is 10.1. The van der Waals surface area contributed by atoms with Gasteiger partial charge in [0.25, 0.3) is 0 Å². The Morgan fingerprint density at radius 3 is 2.48 bits per heavy atom. The first-order chi connectivity index (χ1) is 12.0. The molecule has 3 rings (SSSR count). The van der Waals surface area contributed by atoms with Gasteiger partial charge in [-0.3, -0.25) is 0 Å². The second kappa shape index (κ2) is 7.83. The third kappa shape index (κ3) is 4.70. The minimum absolute atomic E-state index is 0.670. The molecule has 0 amide bonds. The van der Waals surface area contributed by atoms with Gasteiger partial charge in [0, 0.05) is 0 Å². The molecule has 0 saturated carbocycles. The monoisotopic (exact) mass is 351 g/mol. The minimum Gasteiger partial charge on any atom is -0.494 e. The first kappa shape index (κ1) is 17.7. The van der Waals surface area contributed by atoms with Crippen molar-refractivity contribution in [2.75, 3.05) is 6.61 Å². The second-order valence-electron chi connectivity index (χ2n) is 6.89. The summed E-state index contributed by atoms with van der Waals surface area (Å²) in [5, 5.41) is 1.04. The number of aromatic nitrogens is 1. The molecule has 0 bridgehead atoms. The summed E-state index contributed by atoms with van der Waals surface area (Å²) in [6.45, 7) is 9.48. The second-order valence-corrected chi connectivity index (χ2v) is 7.95. The number of benzene rings is 2. The van der Waals surface area contributed by atoms with Crippen molar-refractivity contribution in [3.63, 3.8) is 0 Å². The average Bonchev–Trinajstić information content (AvgIpc) is 2.96. The SMILES string of the molecule is Cc1cc2nc(C=Cc3ccc(OCCC(C)C)cc3)sc2cc1C. The fourth-order valence-electron chi connectivity index (χ4n) is 2.52. The Morgan fingerprint density at radius 2 is 1.76 bits per heavy atom. The highest BCUT2D eigenvalue weighted by molar-refractivity contribution is 7.19. The molecule has 0 atom stereocenters. The minimum atomic E-state index is 0.670. The van der Waals surface area contributed by atoms with Crippen LogP contribution in [0.25, 0.3) is 22.4 Å². The summed E-state index contributed by atoms with van der Waals surface area (Å²) in [6.07, 6.45) is 5.28. The lowest BCUT2D eigenvalue weighted by Gasteiger charge is -2.07. The first-order valence-corrected chi connectivity index (χ1v) is 9.61. The number of fused-ring (bicyclic) bond motifs is 1. The van der Waals surface area contributed by atoms with Gasteiger partial charge in [-0.1, -0.05) is 32.1 Å². The highest BCUT2D eigenvalue weighted by Crippen LogP contribution is 2.26. The van der Waals surface area contributed by atoms with Gasteiger partial charge in [-0.25, -0.2) is 4.98 Å². The molecule has 3 aromatic rings. The van der Waals surface area contributed by atoms with Crippen LogP contribution in [-0.4, -0.2) is 11.6 Å². The summed E-state index contributed by atoms with van der Waals surface area (Å²) >= 11 is 1.73. The van der Waals surface area contributed by atoms with E-state index in [9.17, 15) is 0 Å². The third-order valence-corrected chi connectivity index (χ3v) is 5.27. The van der Waals surface area contributed by atoms with Crippen molar-refractivity contribution in [1.29, 1.82) is 0 Å². The van der Waals surface area contributed by atoms with Crippen LogP contribution in [0.15, 0.2) is 36.4 Å². The Labute approximate surface area is 154 Å². The topological polar surface area (TPSA) is 22.1 Å². The largest absolute Gasteiger partial charge is 0.494 e. The van der Waals surface area contributed by atoms with Gasteiger partial charge in [0.1, 0.15) is 10.8 Å². The molecule has 0 N–H and O–H groups in total. The van der Waals surface area contributed by atoms with Crippen LogP contribution in [0.3, 0.4) is 0 Å². The predicted octanol–water partition coefficient (Wildman–Crippen LogP) is 6.51. The van der Waals surface area contributed by atoms with Crippen molar-refractivity contribution in [3.8, 4) is 5.75 Å². The molecule has 3 heteroatoms. The van der Waals surface area contributed by atoms with E-state index in [0.717, 1.165) is 34.9 Å². The normalized spacial score (nSPS) is 11.7. The van der Waals surface area contributed by atoms with E-state index in [4.69, 9.17) is 9.72 Å². The van der Waals surface area contributed by atoms with Gasteiger partial charge in [-0.2, -0.15) is 0 Å². The fraction of sp³-hybridized carbons (Fsp3) is 0.318. The van der Waals surface area contributed by atoms with Crippen LogP contribution in [0, 0.1) is 19.8 Å². The van der Waals surface area contributed by atoms with E-state index in [-0.39, 0.29) is 0 Å². The predicted molar refractivity (Wildman–Crippen MR) is 109 cm³/mol. The fourth-order valence-corrected chi connectivity index (χ4v) is 3.47. The molecule has 0 radical (unpaired) electrons. The van der Waals surface area contributed by atoms with Crippen LogP contribution >= 0.6 is 11.3 Å². The highest BCUT2D eigenvalue weighted by atomic mass is 32.1. The van der Waals surface area contributed by atoms with Crippen molar-refractivity contribution in [2.24, 2.45) is 5.92 Å². The molecule has 0 aliphatic carbocycles. The smallest absolute Gasteiger partial charge is 0.119 e. The van der Waals surface area contributed by atoms with E-state index in [2.05, 4.69) is 64.1 Å². The van der Waals surface area contributed by atoms with E-state index in [1.165, 1.54) is 15.8 Å². The zero-order chi connectivity index (χ0) is 17.8. The van der Waals surface area contributed by atoms with E-state index in [1.54, 1.807) is 11.3 Å². The molecule has 1 heterocycles. The molecular formula is C22H25NOS. The van der Waals surface area contributed by atoms with E-state index < -0.39 is 0 Å². The summed E-state index contributed by atoms with van der Waals surface area (Å²) in [6, 6.07) is 12.6. The van der Waals surface area contributed by atoms with Crippen LogP contribution < -0.4 is 4.74 Å². The van der Waals surface area contributed by atoms with E-state index >= 15 is 0 Å². The molecule has 25 heavy (non-hydrogen) atoms. The van der Waals surface area contributed by atoms with Gasteiger partial charge in [-0.05, 0) is 73.2 Å². The van der Waals surface area contributed by atoms with E-state index in [1.807, 2.05) is 12.1 Å². The number of aryl methyl sites for hydroxylation is 2. The van der Waals surface area contributed by atoms with Gasteiger partial charge in [0.15, 0.2) is 0 Å². The maximum absolute atomic E-state index is 5.76. The third-order valence-electron chi connectivity index (χ3n) is 4.28. The molecule has 0 aliphatic heterocycles. The number of hydrogen-bond donors (Lipinski definition) is 0. The zero-order valence-electron chi connectivity index (χ0n) is 15.4. The van der Waals surface area contributed by atoms with Crippen molar-refractivity contribution < 1.29 is 4.74 Å².